The van der Waals surface area contributed by atoms with Gasteiger partial charge in [0.25, 0.3) is 15.9 Å². The van der Waals surface area contributed by atoms with Crippen LogP contribution < -0.4 is 10.0 Å². The van der Waals surface area contributed by atoms with Crippen LogP contribution in [0.3, 0.4) is 0 Å². The van der Waals surface area contributed by atoms with Crippen molar-refractivity contribution in [3.8, 4) is 0 Å². The van der Waals surface area contributed by atoms with Crippen LogP contribution in [0, 0.1) is 6.92 Å². The minimum atomic E-state index is -3.84. The first-order valence-electron chi connectivity index (χ1n) is 9.13. The number of esters is 1. The summed E-state index contributed by atoms with van der Waals surface area (Å²) >= 11 is 1.11. The normalized spacial score (nSPS) is 11.3. The van der Waals surface area contributed by atoms with Gasteiger partial charge in [0.1, 0.15) is 5.01 Å². The lowest BCUT2D eigenvalue weighted by molar-refractivity contribution is -0.119. The standard InChI is InChI=1S/C19H16N6O5S2/c1-11-23-24-19(31-11)25-32(28,29)14-5-3-13(4-6-14)22-17(26)9-30-18(27)12-2-7-15-16(8-12)21-10-20-15/h2-8,10H,9H2,1H3,(H,20,21)(H,22,26)(H,24,25). The van der Waals surface area contributed by atoms with Crippen LogP contribution in [0.25, 0.3) is 11.0 Å². The Hall–Kier alpha value is -3.84. The Bertz CT molecular complexity index is 1400. The predicted octanol–water partition coefficient (Wildman–Crippen LogP) is 2.32. The number of amides is 1. The Morgan fingerprint density at radius 2 is 1.91 bits per heavy atom. The third kappa shape index (κ3) is 4.90. The zero-order valence-electron chi connectivity index (χ0n) is 16.5. The zero-order chi connectivity index (χ0) is 22.7. The first-order valence-corrected chi connectivity index (χ1v) is 11.4. The van der Waals surface area contributed by atoms with Crippen molar-refractivity contribution in [2.24, 2.45) is 0 Å². The number of aromatic amines is 1. The maximum absolute atomic E-state index is 12.4. The maximum Gasteiger partial charge on any atom is 0.338 e. The van der Waals surface area contributed by atoms with E-state index in [9.17, 15) is 18.0 Å². The van der Waals surface area contributed by atoms with Gasteiger partial charge in [-0.1, -0.05) is 11.3 Å². The van der Waals surface area contributed by atoms with Crippen molar-refractivity contribution in [1.82, 2.24) is 20.2 Å². The van der Waals surface area contributed by atoms with E-state index in [4.69, 9.17) is 4.74 Å². The smallest absolute Gasteiger partial charge is 0.338 e. The number of rotatable bonds is 7. The SMILES string of the molecule is Cc1nnc(NS(=O)(=O)c2ccc(NC(=O)COC(=O)c3ccc4nc[nH]c4c3)cc2)s1. The summed E-state index contributed by atoms with van der Waals surface area (Å²) in [5, 5.41) is 10.8. The molecule has 164 valence electrons. The lowest BCUT2D eigenvalue weighted by Crippen LogP contribution is -2.21. The molecule has 32 heavy (non-hydrogen) atoms. The zero-order valence-corrected chi connectivity index (χ0v) is 18.2. The lowest BCUT2D eigenvalue weighted by atomic mass is 10.2. The molecular formula is C19H16N6O5S2. The molecule has 2 aromatic carbocycles. The van der Waals surface area contributed by atoms with E-state index in [1.54, 1.807) is 25.1 Å². The largest absolute Gasteiger partial charge is 0.452 e. The topological polar surface area (TPSA) is 156 Å². The van der Waals surface area contributed by atoms with E-state index < -0.39 is 28.5 Å². The Balaban J connectivity index is 1.32. The highest BCUT2D eigenvalue weighted by Crippen LogP contribution is 2.20. The molecule has 0 saturated carbocycles. The highest BCUT2D eigenvalue weighted by Gasteiger charge is 2.17. The molecule has 0 aliphatic rings. The van der Waals surface area contributed by atoms with Crippen molar-refractivity contribution in [1.29, 1.82) is 0 Å². The fraction of sp³-hybridized carbons (Fsp3) is 0.105. The summed E-state index contributed by atoms with van der Waals surface area (Å²) in [6.07, 6.45) is 1.51. The molecule has 0 radical (unpaired) electrons. The molecule has 0 aliphatic heterocycles. The van der Waals surface area contributed by atoms with Crippen molar-refractivity contribution in [3.63, 3.8) is 0 Å². The number of imidazole rings is 1. The Labute approximate surface area is 185 Å². The van der Waals surface area contributed by atoms with Crippen molar-refractivity contribution < 1.29 is 22.7 Å². The molecule has 0 unspecified atom stereocenters. The van der Waals surface area contributed by atoms with Gasteiger partial charge < -0.3 is 15.0 Å². The molecule has 1 amide bonds. The van der Waals surface area contributed by atoms with Crippen LogP contribution in [0.15, 0.2) is 53.7 Å². The second-order valence-corrected chi connectivity index (χ2v) is 9.38. The van der Waals surface area contributed by atoms with Gasteiger partial charge in [0, 0.05) is 5.69 Å². The number of fused-ring (bicyclic) bond motifs is 1. The number of nitrogens with one attached hydrogen (secondary N) is 3. The summed E-state index contributed by atoms with van der Waals surface area (Å²) in [4.78, 5) is 31.2. The van der Waals surface area contributed by atoms with Gasteiger partial charge in [-0.3, -0.25) is 9.52 Å². The monoisotopic (exact) mass is 472 g/mol. The predicted molar refractivity (Wildman–Crippen MR) is 117 cm³/mol. The Morgan fingerprint density at radius 1 is 1.12 bits per heavy atom. The average Bonchev–Trinajstić information content (AvgIpc) is 3.40. The van der Waals surface area contributed by atoms with E-state index in [-0.39, 0.29) is 15.6 Å². The first kappa shape index (κ1) is 21.4. The molecule has 4 rings (SSSR count). The quantitative estimate of drug-likeness (QED) is 0.346. The van der Waals surface area contributed by atoms with Crippen LogP contribution in [0.1, 0.15) is 15.4 Å². The van der Waals surface area contributed by atoms with Gasteiger partial charge in [0.15, 0.2) is 6.61 Å². The van der Waals surface area contributed by atoms with Crippen molar-refractivity contribution in [2.45, 2.75) is 11.8 Å². The van der Waals surface area contributed by atoms with Crippen LogP contribution in [-0.4, -0.2) is 47.1 Å². The van der Waals surface area contributed by atoms with E-state index >= 15 is 0 Å². The van der Waals surface area contributed by atoms with Gasteiger partial charge >= 0.3 is 5.97 Å². The first-order chi connectivity index (χ1) is 15.3. The maximum atomic E-state index is 12.4. The molecule has 0 aliphatic carbocycles. The summed E-state index contributed by atoms with van der Waals surface area (Å²) in [7, 11) is -3.84. The van der Waals surface area contributed by atoms with Gasteiger partial charge in [-0.05, 0) is 49.4 Å². The third-order valence-corrected chi connectivity index (χ3v) is 6.42. The summed E-state index contributed by atoms with van der Waals surface area (Å²) in [6.45, 7) is 1.21. The molecule has 13 heteroatoms. The molecule has 3 N–H and O–H groups in total. The van der Waals surface area contributed by atoms with Crippen LogP contribution in [0.2, 0.25) is 0 Å². The van der Waals surface area contributed by atoms with Crippen LogP contribution in [0.4, 0.5) is 10.8 Å². The van der Waals surface area contributed by atoms with Crippen LogP contribution in [-0.2, 0) is 19.6 Å². The number of ether oxygens (including phenoxy) is 1. The molecule has 4 aromatic rings. The summed E-state index contributed by atoms with van der Waals surface area (Å²) in [5.74, 6) is -1.23. The number of anilines is 2. The second-order valence-electron chi connectivity index (χ2n) is 6.51. The van der Waals surface area contributed by atoms with Gasteiger partial charge in [-0.2, -0.15) is 0 Å². The number of hydrogen-bond donors (Lipinski definition) is 3. The van der Waals surface area contributed by atoms with Crippen molar-refractivity contribution in [2.75, 3.05) is 16.6 Å². The van der Waals surface area contributed by atoms with Gasteiger partial charge in [-0.25, -0.2) is 18.2 Å². The summed E-state index contributed by atoms with van der Waals surface area (Å²) in [6, 6.07) is 10.3. The third-order valence-electron chi connectivity index (χ3n) is 4.19. The number of sulfonamides is 1. The Kier molecular flexibility index (Phi) is 5.83. The number of benzene rings is 2. The molecular weight excluding hydrogens is 456 g/mol. The van der Waals surface area contributed by atoms with Crippen molar-refractivity contribution >= 4 is 55.1 Å². The molecule has 11 nitrogen and oxygen atoms in total. The van der Waals surface area contributed by atoms with Gasteiger partial charge in [-0.15, -0.1) is 10.2 Å². The number of carbonyl (C=O) groups excluding carboxylic acids is 2. The van der Waals surface area contributed by atoms with E-state index in [2.05, 4.69) is 30.2 Å². The fourth-order valence-corrected chi connectivity index (χ4v) is 4.53. The van der Waals surface area contributed by atoms with E-state index in [0.717, 1.165) is 11.3 Å². The number of H-pyrrole nitrogens is 1. The molecule has 0 atom stereocenters. The average molecular weight is 473 g/mol. The number of aryl methyl sites for hydroxylation is 1. The van der Waals surface area contributed by atoms with Crippen LogP contribution >= 0.6 is 11.3 Å². The summed E-state index contributed by atoms with van der Waals surface area (Å²) < 4.78 is 32.2. The molecule has 0 bridgehead atoms. The minimum absolute atomic E-state index is 0.0102. The molecule has 0 saturated heterocycles. The molecule has 0 spiro atoms. The minimum Gasteiger partial charge on any atom is -0.452 e. The van der Waals surface area contributed by atoms with E-state index in [1.165, 1.54) is 30.6 Å². The fourth-order valence-electron chi connectivity index (χ4n) is 2.70. The molecule has 0 fully saturated rings. The van der Waals surface area contributed by atoms with E-state index in [1.807, 2.05) is 0 Å². The van der Waals surface area contributed by atoms with Gasteiger partial charge in [0.05, 0.1) is 27.8 Å². The Morgan fingerprint density at radius 3 is 2.62 bits per heavy atom. The number of carbonyl (C=O) groups is 2. The molecule has 2 heterocycles. The van der Waals surface area contributed by atoms with E-state index in [0.29, 0.717) is 21.7 Å². The highest BCUT2D eigenvalue weighted by atomic mass is 32.2. The summed E-state index contributed by atoms with van der Waals surface area (Å²) in [5.41, 5.74) is 2.01. The second kappa shape index (κ2) is 8.72. The number of aromatic nitrogens is 4. The highest BCUT2D eigenvalue weighted by molar-refractivity contribution is 7.93. The lowest BCUT2D eigenvalue weighted by Gasteiger charge is -2.08. The van der Waals surface area contributed by atoms with Crippen LogP contribution in [0.5, 0.6) is 0 Å². The number of nitrogens with zero attached hydrogens (tertiary/aromatic N) is 3. The number of hydrogen-bond acceptors (Lipinski definition) is 9. The van der Waals surface area contributed by atoms with Gasteiger partial charge in [0.2, 0.25) is 5.13 Å². The van der Waals surface area contributed by atoms with Crippen molar-refractivity contribution in [3.05, 3.63) is 59.4 Å². The molecule has 2 aromatic heterocycles.